The molecule has 0 unspecified atom stereocenters. The summed E-state index contributed by atoms with van der Waals surface area (Å²) in [6, 6.07) is 18.9. The second-order valence-electron chi connectivity index (χ2n) is 5.99. The monoisotopic (exact) mass is 422 g/mol. The Bertz CT molecular complexity index is 957. The molecule has 0 atom stereocenters. The van der Waals surface area contributed by atoms with E-state index in [1.807, 2.05) is 61.5 Å². The lowest BCUT2D eigenvalue weighted by Crippen LogP contribution is -2.36. The zero-order valence-electron chi connectivity index (χ0n) is 14.8. The standard InChI is InChI=1S/C21H19BrN4O/c1-15-5-2-7-17(11-15)20(27)26-21(24-14-16-6-4-10-23-13-16)25-19-9-3-8-18(22)12-19/h2-13H,14H2,1H3,(H2,24,25,26,27). The highest BCUT2D eigenvalue weighted by Crippen LogP contribution is 2.15. The number of carbonyl (C=O) groups is 1. The van der Waals surface area contributed by atoms with Crippen LogP contribution in [0, 0.1) is 6.92 Å². The van der Waals surface area contributed by atoms with E-state index >= 15 is 0 Å². The third-order valence-corrected chi connectivity index (χ3v) is 4.24. The number of pyridine rings is 1. The lowest BCUT2D eigenvalue weighted by atomic mass is 10.1. The lowest BCUT2D eigenvalue weighted by molar-refractivity contribution is 0.0977. The highest BCUT2D eigenvalue weighted by atomic mass is 79.9. The second-order valence-corrected chi connectivity index (χ2v) is 6.90. The average molecular weight is 423 g/mol. The first-order valence-electron chi connectivity index (χ1n) is 8.44. The van der Waals surface area contributed by atoms with Crippen molar-refractivity contribution in [1.29, 1.82) is 0 Å². The number of aliphatic imine (C=N–C) groups is 1. The fraction of sp³-hybridized carbons (Fsp3) is 0.0952. The zero-order chi connectivity index (χ0) is 19.1. The number of amides is 1. The Morgan fingerprint density at radius 1 is 1.11 bits per heavy atom. The van der Waals surface area contributed by atoms with Gasteiger partial charge in [-0.1, -0.05) is 45.8 Å². The maximum Gasteiger partial charge on any atom is 0.257 e. The topological polar surface area (TPSA) is 66.4 Å². The Hall–Kier alpha value is -2.99. The molecular weight excluding hydrogens is 404 g/mol. The molecule has 5 nitrogen and oxygen atoms in total. The number of aryl methyl sites for hydroxylation is 1. The lowest BCUT2D eigenvalue weighted by Gasteiger charge is -2.12. The summed E-state index contributed by atoms with van der Waals surface area (Å²) in [5.74, 6) is 0.162. The summed E-state index contributed by atoms with van der Waals surface area (Å²) in [7, 11) is 0. The molecule has 6 heteroatoms. The van der Waals surface area contributed by atoms with E-state index in [4.69, 9.17) is 0 Å². The SMILES string of the molecule is Cc1cccc(C(=O)NC(=NCc2cccnc2)Nc2cccc(Br)c2)c1. The van der Waals surface area contributed by atoms with E-state index in [2.05, 4.69) is 36.5 Å². The van der Waals surface area contributed by atoms with Crippen molar-refractivity contribution in [2.24, 2.45) is 4.99 Å². The van der Waals surface area contributed by atoms with Gasteiger partial charge in [0.15, 0.2) is 0 Å². The van der Waals surface area contributed by atoms with Crippen molar-refractivity contribution < 1.29 is 4.79 Å². The van der Waals surface area contributed by atoms with Gasteiger partial charge >= 0.3 is 0 Å². The first-order valence-corrected chi connectivity index (χ1v) is 9.23. The quantitative estimate of drug-likeness (QED) is 0.478. The van der Waals surface area contributed by atoms with Gasteiger partial charge in [-0.25, -0.2) is 4.99 Å². The molecule has 3 aromatic rings. The van der Waals surface area contributed by atoms with Crippen LogP contribution in [0.1, 0.15) is 21.5 Å². The molecule has 136 valence electrons. The largest absolute Gasteiger partial charge is 0.326 e. The minimum absolute atomic E-state index is 0.217. The molecule has 0 saturated heterocycles. The number of halogens is 1. The zero-order valence-corrected chi connectivity index (χ0v) is 16.4. The van der Waals surface area contributed by atoms with Crippen LogP contribution in [-0.4, -0.2) is 16.9 Å². The van der Waals surface area contributed by atoms with E-state index in [0.717, 1.165) is 21.3 Å². The molecule has 0 aliphatic carbocycles. The molecule has 2 aromatic carbocycles. The van der Waals surface area contributed by atoms with Crippen molar-refractivity contribution in [1.82, 2.24) is 10.3 Å². The van der Waals surface area contributed by atoms with Crippen molar-refractivity contribution in [3.8, 4) is 0 Å². The van der Waals surface area contributed by atoms with Crippen molar-refractivity contribution >= 4 is 33.5 Å². The number of guanidine groups is 1. The van der Waals surface area contributed by atoms with Crippen molar-refractivity contribution in [3.63, 3.8) is 0 Å². The Kier molecular flexibility index (Phi) is 6.33. The maximum atomic E-state index is 12.6. The number of aromatic nitrogens is 1. The molecule has 1 aromatic heterocycles. The van der Waals surface area contributed by atoms with Gasteiger partial charge in [-0.2, -0.15) is 0 Å². The van der Waals surface area contributed by atoms with Gasteiger partial charge in [-0.15, -0.1) is 0 Å². The molecule has 3 rings (SSSR count). The number of hydrogen-bond donors (Lipinski definition) is 2. The third kappa shape index (κ3) is 5.76. The van der Waals surface area contributed by atoms with Crippen molar-refractivity contribution in [2.75, 3.05) is 5.32 Å². The molecule has 1 amide bonds. The molecule has 0 spiro atoms. The predicted octanol–water partition coefficient (Wildman–Crippen LogP) is 4.55. The number of rotatable bonds is 4. The van der Waals surface area contributed by atoms with E-state index in [-0.39, 0.29) is 5.91 Å². The van der Waals surface area contributed by atoms with Crippen molar-refractivity contribution in [2.45, 2.75) is 13.5 Å². The second kappa shape index (κ2) is 9.09. The fourth-order valence-corrected chi connectivity index (χ4v) is 2.84. The van der Waals surface area contributed by atoms with Crippen LogP contribution in [0.15, 0.2) is 82.5 Å². The van der Waals surface area contributed by atoms with E-state index in [1.54, 1.807) is 18.5 Å². The van der Waals surface area contributed by atoms with Crippen LogP contribution in [0.5, 0.6) is 0 Å². The van der Waals surface area contributed by atoms with E-state index in [1.165, 1.54) is 0 Å². The molecule has 2 N–H and O–H groups in total. The number of nitrogens with zero attached hydrogens (tertiary/aromatic N) is 2. The normalized spacial score (nSPS) is 11.1. The number of nitrogens with one attached hydrogen (secondary N) is 2. The average Bonchev–Trinajstić information content (AvgIpc) is 2.67. The number of hydrogen-bond acceptors (Lipinski definition) is 3. The van der Waals surface area contributed by atoms with Gasteiger partial charge in [0.05, 0.1) is 6.54 Å². The predicted molar refractivity (Wildman–Crippen MR) is 112 cm³/mol. The molecule has 27 heavy (non-hydrogen) atoms. The van der Waals surface area contributed by atoms with Crippen LogP contribution in [0.4, 0.5) is 5.69 Å². The fourth-order valence-electron chi connectivity index (χ4n) is 2.44. The number of benzene rings is 2. The minimum Gasteiger partial charge on any atom is -0.326 e. The smallest absolute Gasteiger partial charge is 0.257 e. The molecule has 0 saturated carbocycles. The van der Waals surface area contributed by atoms with E-state index < -0.39 is 0 Å². The molecule has 0 aliphatic heterocycles. The summed E-state index contributed by atoms with van der Waals surface area (Å²) < 4.78 is 0.934. The number of anilines is 1. The van der Waals surface area contributed by atoms with Gasteiger partial charge in [-0.3, -0.25) is 15.1 Å². The highest BCUT2D eigenvalue weighted by molar-refractivity contribution is 9.10. The maximum absolute atomic E-state index is 12.6. The van der Waals surface area contributed by atoms with Gasteiger partial charge in [0, 0.05) is 28.1 Å². The summed E-state index contributed by atoms with van der Waals surface area (Å²) in [5, 5.41) is 6.04. The van der Waals surface area contributed by atoms with Crippen LogP contribution < -0.4 is 10.6 Å². The van der Waals surface area contributed by atoms with Crippen LogP contribution in [-0.2, 0) is 6.54 Å². The van der Waals surface area contributed by atoms with Gasteiger partial charge in [0.1, 0.15) is 0 Å². The molecular formula is C21H19BrN4O. The van der Waals surface area contributed by atoms with Crippen LogP contribution in [0.25, 0.3) is 0 Å². The summed E-state index contributed by atoms with van der Waals surface area (Å²) in [5.41, 5.74) is 3.38. The molecule has 0 radical (unpaired) electrons. The minimum atomic E-state index is -0.217. The summed E-state index contributed by atoms with van der Waals surface area (Å²) in [6.45, 7) is 2.35. The van der Waals surface area contributed by atoms with Crippen molar-refractivity contribution in [3.05, 3.63) is 94.2 Å². The van der Waals surface area contributed by atoms with E-state index in [9.17, 15) is 4.79 Å². The molecule has 1 heterocycles. The molecule has 0 aliphatic rings. The Morgan fingerprint density at radius 2 is 1.96 bits per heavy atom. The first kappa shape index (κ1) is 18.8. The first-order chi connectivity index (χ1) is 13.1. The van der Waals surface area contributed by atoms with Gasteiger partial charge in [0.2, 0.25) is 5.96 Å². The van der Waals surface area contributed by atoms with E-state index in [0.29, 0.717) is 18.1 Å². The van der Waals surface area contributed by atoms with Gasteiger partial charge in [-0.05, 0) is 48.9 Å². The van der Waals surface area contributed by atoms with Crippen LogP contribution in [0.2, 0.25) is 0 Å². The number of carbonyl (C=O) groups excluding carboxylic acids is 1. The molecule has 0 bridgehead atoms. The third-order valence-electron chi connectivity index (χ3n) is 3.74. The highest BCUT2D eigenvalue weighted by Gasteiger charge is 2.10. The van der Waals surface area contributed by atoms with Gasteiger partial charge in [0.25, 0.3) is 5.91 Å². The summed E-state index contributed by atoms with van der Waals surface area (Å²) in [6.07, 6.45) is 3.47. The Balaban J connectivity index is 1.81. The Morgan fingerprint density at radius 3 is 2.70 bits per heavy atom. The van der Waals surface area contributed by atoms with Crippen LogP contribution in [0.3, 0.4) is 0 Å². The molecule has 0 fully saturated rings. The van der Waals surface area contributed by atoms with Crippen LogP contribution >= 0.6 is 15.9 Å². The van der Waals surface area contributed by atoms with Gasteiger partial charge < -0.3 is 5.32 Å². The Labute approximate surface area is 166 Å². The summed E-state index contributed by atoms with van der Waals surface area (Å²) >= 11 is 3.45. The summed E-state index contributed by atoms with van der Waals surface area (Å²) in [4.78, 5) is 21.2.